The zero-order valence-corrected chi connectivity index (χ0v) is 9.01. The number of carbonyl (C=O) groups is 1. The first-order valence-corrected chi connectivity index (χ1v) is 5.58. The van der Waals surface area contributed by atoms with Crippen molar-refractivity contribution in [1.29, 1.82) is 0 Å². The number of hydrogen-bond donors (Lipinski definition) is 2. The number of rotatable bonds is 5. The van der Waals surface area contributed by atoms with Gasteiger partial charge >= 0.3 is 0 Å². The molecule has 0 aliphatic heterocycles. The van der Waals surface area contributed by atoms with Crippen molar-refractivity contribution in [2.45, 2.75) is 32.2 Å². The number of thiazole rings is 1. The molecule has 0 spiro atoms. The maximum absolute atomic E-state index is 11.4. The number of hydrogen-bond acceptors (Lipinski definition) is 4. The minimum atomic E-state index is -0.418. The van der Waals surface area contributed by atoms with Gasteiger partial charge in [0.05, 0.1) is 6.04 Å². The van der Waals surface area contributed by atoms with E-state index in [9.17, 15) is 4.79 Å². The highest BCUT2D eigenvalue weighted by atomic mass is 32.1. The van der Waals surface area contributed by atoms with Gasteiger partial charge in [-0.25, -0.2) is 4.98 Å². The Kier molecular flexibility index (Phi) is 4.55. The Morgan fingerprint density at radius 2 is 2.57 bits per heavy atom. The molecule has 5 heteroatoms. The van der Waals surface area contributed by atoms with Crippen LogP contribution >= 0.6 is 11.3 Å². The zero-order valence-electron chi connectivity index (χ0n) is 8.19. The largest absolute Gasteiger partial charge is 0.320 e. The van der Waals surface area contributed by atoms with Gasteiger partial charge in [0.1, 0.15) is 0 Å². The predicted octanol–water partition coefficient (Wildman–Crippen LogP) is 1.60. The van der Waals surface area contributed by atoms with Gasteiger partial charge in [0, 0.05) is 11.6 Å². The van der Waals surface area contributed by atoms with Gasteiger partial charge in [-0.1, -0.05) is 19.8 Å². The molecule has 0 fully saturated rings. The second kappa shape index (κ2) is 5.72. The second-order valence-electron chi connectivity index (χ2n) is 3.08. The maximum Gasteiger partial charge on any atom is 0.243 e. The van der Waals surface area contributed by atoms with Crippen LogP contribution in [0, 0.1) is 0 Å². The molecule has 1 atom stereocenters. The third-order valence-electron chi connectivity index (χ3n) is 1.87. The molecule has 14 heavy (non-hydrogen) atoms. The van der Waals surface area contributed by atoms with E-state index in [2.05, 4.69) is 17.2 Å². The van der Waals surface area contributed by atoms with E-state index in [0.29, 0.717) is 5.13 Å². The van der Waals surface area contributed by atoms with Crippen LogP contribution in [0.4, 0.5) is 5.13 Å². The lowest BCUT2D eigenvalue weighted by Gasteiger charge is -2.09. The van der Waals surface area contributed by atoms with E-state index < -0.39 is 6.04 Å². The van der Waals surface area contributed by atoms with Crippen LogP contribution in [0.2, 0.25) is 0 Å². The van der Waals surface area contributed by atoms with Gasteiger partial charge in [-0.15, -0.1) is 11.3 Å². The summed E-state index contributed by atoms with van der Waals surface area (Å²) in [6.45, 7) is 2.07. The van der Waals surface area contributed by atoms with Crippen LogP contribution in [-0.2, 0) is 4.79 Å². The fourth-order valence-corrected chi connectivity index (χ4v) is 1.57. The number of amides is 1. The van der Waals surface area contributed by atoms with Crippen molar-refractivity contribution >= 4 is 22.4 Å². The van der Waals surface area contributed by atoms with Crippen LogP contribution in [0.3, 0.4) is 0 Å². The number of aromatic nitrogens is 1. The van der Waals surface area contributed by atoms with E-state index in [0.717, 1.165) is 19.3 Å². The van der Waals surface area contributed by atoms with Gasteiger partial charge in [-0.3, -0.25) is 4.79 Å². The third kappa shape index (κ3) is 3.43. The Morgan fingerprint density at radius 3 is 3.14 bits per heavy atom. The average Bonchev–Trinajstić information content (AvgIpc) is 2.66. The number of carbonyl (C=O) groups excluding carboxylic acids is 1. The Morgan fingerprint density at radius 1 is 1.79 bits per heavy atom. The van der Waals surface area contributed by atoms with Crippen LogP contribution in [-0.4, -0.2) is 16.9 Å². The Bertz CT molecular complexity index is 274. The van der Waals surface area contributed by atoms with Crippen molar-refractivity contribution in [3.63, 3.8) is 0 Å². The maximum atomic E-state index is 11.4. The molecule has 0 unspecified atom stereocenters. The molecule has 4 nitrogen and oxygen atoms in total. The van der Waals surface area contributed by atoms with Gasteiger partial charge in [0.2, 0.25) is 5.91 Å². The lowest BCUT2D eigenvalue weighted by atomic mass is 10.1. The molecule has 0 aliphatic rings. The normalized spacial score (nSPS) is 12.4. The molecular weight excluding hydrogens is 198 g/mol. The molecule has 1 rings (SSSR count). The van der Waals surface area contributed by atoms with Crippen LogP contribution in [0.5, 0.6) is 0 Å². The van der Waals surface area contributed by atoms with Gasteiger partial charge < -0.3 is 11.1 Å². The number of nitrogens with one attached hydrogen (secondary N) is 1. The number of nitrogens with zero attached hydrogens (tertiary/aromatic N) is 1. The zero-order chi connectivity index (χ0) is 10.4. The minimum Gasteiger partial charge on any atom is -0.320 e. The fourth-order valence-electron chi connectivity index (χ4n) is 1.04. The van der Waals surface area contributed by atoms with Crippen LogP contribution in [0.1, 0.15) is 26.2 Å². The molecule has 0 aromatic carbocycles. The topological polar surface area (TPSA) is 68.0 Å². The van der Waals surface area contributed by atoms with Crippen molar-refractivity contribution in [2.75, 3.05) is 5.32 Å². The van der Waals surface area contributed by atoms with E-state index in [1.165, 1.54) is 11.3 Å². The van der Waals surface area contributed by atoms with Crippen molar-refractivity contribution in [3.05, 3.63) is 11.6 Å². The first kappa shape index (κ1) is 11.1. The van der Waals surface area contributed by atoms with E-state index in [1.54, 1.807) is 6.20 Å². The third-order valence-corrected chi connectivity index (χ3v) is 2.56. The summed E-state index contributed by atoms with van der Waals surface area (Å²) in [5, 5.41) is 5.10. The lowest BCUT2D eigenvalue weighted by Crippen LogP contribution is -2.35. The van der Waals surface area contributed by atoms with Gasteiger partial charge in [0.25, 0.3) is 0 Å². The Balaban J connectivity index is 2.34. The van der Waals surface area contributed by atoms with E-state index in [-0.39, 0.29) is 5.91 Å². The molecular formula is C9H15N3OS. The molecule has 3 N–H and O–H groups in total. The molecule has 1 heterocycles. The van der Waals surface area contributed by atoms with Gasteiger partial charge in [-0.05, 0) is 6.42 Å². The summed E-state index contributed by atoms with van der Waals surface area (Å²) < 4.78 is 0. The summed E-state index contributed by atoms with van der Waals surface area (Å²) in [5.41, 5.74) is 5.68. The standard InChI is InChI=1S/C9H15N3OS/c1-2-3-4-7(10)8(13)12-9-11-5-6-14-9/h5-7H,2-4,10H2,1H3,(H,11,12,13)/t7-/m0/s1. The number of nitrogens with two attached hydrogens (primary N) is 1. The minimum absolute atomic E-state index is 0.145. The summed E-state index contributed by atoms with van der Waals surface area (Å²) in [5.74, 6) is -0.145. The van der Waals surface area contributed by atoms with Gasteiger partial charge in [0.15, 0.2) is 5.13 Å². The monoisotopic (exact) mass is 213 g/mol. The first-order chi connectivity index (χ1) is 6.74. The van der Waals surface area contributed by atoms with Crippen molar-refractivity contribution in [1.82, 2.24) is 4.98 Å². The van der Waals surface area contributed by atoms with Crippen LogP contribution in [0.25, 0.3) is 0 Å². The highest BCUT2D eigenvalue weighted by Crippen LogP contribution is 2.11. The predicted molar refractivity (Wildman–Crippen MR) is 58.2 cm³/mol. The number of unbranched alkanes of at least 4 members (excludes halogenated alkanes) is 1. The summed E-state index contributed by atoms with van der Waals surface area (Å²) in [6.07, 6.45) is 4.41. The molecule has 0 saturated heterocycles. The summed E-state index contributed by atoms with van der Waals surface area (Å²) in [4.78, 5) is 15.4. The second-order valence-corrected chi connectivity index (χ2v) is 3.97. The summed E-state index contributed by atoms with van der Waals surface area (Å²) >= 11 is 1.39. The average molecular weight is 213 g/mol. The Labute approximate surface area is 87.5 Å². The fraction of sp³-hybridized carbons (Fsp3) is 0.556. The molecule has 0 radical (unpaired) electrons. The summed E-state index contributed by atoms with van der Waals surface area (Å²) in [6, 6.07) is -0.418. The lowest BCUT2D eigenvalue weighted by molar-refractivity contribution is -0.117. The van der Waals surface area contributed by atoms with Crippen molar-refractivity contribution in [3.8, 4) is 0 Å². The van der Waals surface area contributed by atoms with E-state index in [4.69, 9.17) is 5.73 Å². The van der Waals surface area contributed by atoms with Gasteiger partial charge in [-0.2, -0.15) is 0 Å². The van der Waals surface area contributed by atoms with Crippen molar-refractivity contribution < 1.29 is 4.79 Å². The molecule has 0 aliphatic carbocycles. The first-order valence-electron chi connectivity index (χ1n) is 4.70. The molecule has 78 valence electrons. The molecule has 0 saturated carbocycles. The molecule has 1 amide bonds. The number of anilines is 1. The molecule has 1 aromatic heterocycles. The quantitative estimate of drug-likeness (QED) is 0.780. The SMILES string of the molecule is CCCC[C@H](N)C(=O)Nc1nccs1. The smallest absolute Gasteiger partial charge is 0.243 e. The highest BCUT2D eigenvalue weighted by molar-refractivity contribution is 7.13. The van der Waals surface area contributed by atoms with E-state index >= 15 is 0 Å². The van der Waals surface area contributed by atoms with Crippen molar-refractivity contribution in [2.24, 2.45) is 5.73 Å². The van der Waals surface area contributed by atoms with Crippen LogP contribution in [0.15, 0.2) is 11.6 Å². The summed E-state index contributed by atoms with van der Waals surface area (Å²) in [7, 11) is 0. The molecule has 1 aromatic rings. The Hall–Kier alpha value is -0.940. The molecule has 0 bridgehead atoms. The van der Waals surface area contributed by atoms with Crippen LogP contribution < -0.4 is 11.1 Å². The highest BCUT2D eigenvalue weighted by Gasteiger charge is 2.13. The van der Waals surface area contributed by atoms with E-state index in [1.807, 2.05) is 5.38 Å².